The Hall–Kier alpha value is 0.440. The van der Waals surface area contributed by atoms with Gasteiger partial charge in [-0.15, -0.1) is 17.0 Å². The van der Waals surface area contributed by atoms with Crippen molar-refractivity contribution in [2.24, 2.45) is 0 Å². The summed E-state index contributed by atoms with van der Waals surface area (Å²) in [6, 6.07) is 2.24. The predicted octanol–water partition coefficient (Wildman–Crippen LogP) is 12.5. The Balaban J connectivity index is 0. The summed E-state index contributed by atoms with van der Waals surface area (Å²) in [5.74, 6) is 0. The third-order valence-electron chi connectivity index (χ3n) is 8.20. The lowest BCUT2D eigenvalue weighted by molar-refractivity contribution is 0.0834. The van der Waals surface area contributed by atoms with Crippen LogP contribution in [0.4, 0.5) is 0 Å². The topological polar surface area (TPSA) is 3.24 Å². The molecule has 0 saturated carbocycles. The minimum Gasteiger partial charge on any atom is -0.295 e. The molecule has 35 heavy (non-hydrogen) atoms. The highest BCUT2D eigenvalue weighted by molar-refractivity contribution is 8.93. The van der Waals surface area contributed by atoms with Crippen molar-refractivity contribution in [1.29, 1.82) is 0 Å². The van der Waals surface area contributed by atoms with E-state index < -0.39 is 0 Å². The van der Waals surface area contributed by atoms with Gasteiger partial charge in [-0.2, -0.15) is 0 Å². The molecule has 0 spiro atoms. The lowest BCUT2D eigenvalue weighted by Gasteiger charge is -2.40. The van der Waals surface area contributed by atoms with Crippen molar-refractivity contribution in [2.45, 2.75) is 214 Å². The maximum Gasteiger partial charge on any atom is 0.00725 e. The van der Waals surface area contributed by atoms with Crippen LogP contribution in [0.15, 0.2) is 0 Å². The minimum atomic E-state index is 0. The van der Waals surface area contributed by atoms with Gasteiger partial charge in [0.05, 0.1) is 0 Å². The van der Waals surface area contributed by atoms with Crippen LogP contribution in [0.1, 0.15) is 196 Å². The molecule has 0 aliphatic rings. The Morgan fingerprint density at radius 2 is 0.543 bits per heavy atom. The van der Waals surface area contributed by atoms with E-state index in [1.165, 1.54) is 154 Å². The third kappa shape index (κ3) is 23.3. The Bertz CT molecular complexity index is 328. The highest BCUT2D eigenvalue weighted by Gasteiger charge is 2.24. The van der Waals surface area contributed by atoms with Gasteiger partial charge in [0.25, 0.3) is 0 Å². The number of hydrogen-bond acceptors (Lipinski definition) is 1. The van der Waals surface area contributed by atoms with E-state index in [0.717, 1.165) is 18.1 Å². The van der Waals surface area contributed by atoms with Crippen molar-refractivity contribution in [3.63, 3.8) is 0 Å². The van der Waals surface area contributed by atoms with Crippen molar-refractivity contribution in [1.82, 2.24) is 4.90 Å². The van der Waals surface area contributed by atoms with Gasteiger partial charge in [-0.25, -0.2) is 0 Å². The van der Waals surface area contributed by atoms with Crippen LogP contribution < -0.4 is 0 Å². The highest BCUT2D eigenvalue weighted by Crippen LogP contribution is 2.24. The normalized spacial score (nSPS) is 14.1. The fourth-order valence-electron chi connectivity index (χ4n) is 5.94. The number of hydrogen-bond donors (Lipinski definition) is 0. The Morgan fingerprint density at radius 1 is 0.343 bits per heavy atom. The first-order chi connectivity index (χ1) is 16.6. The second-order valence-corrected chi connectivity index (χ2v) is 11.7. The van der Waals surface area contributed by atoms with E-state index in [9.17, 15) is 0 Å². The minimum absolute atomic E-state index is 0. The number of nitrogens with zero attached hydrogens (tertiary/aromatic N) is 1. The first-order valence-electron chi connectivity index (χ1n) is 16.4. The molecule has 0 N–H and O–H groups in total. The number of rotatable bonds is 27. The van der Waals surface area contributed by atoms with E-state index in [0.29, 0.717) is 0 Å². The molecule has 0 aromatic heterocycles. The van der Waals surface area contributed by atoms with Crippen molar-refractivity contribution < 1.29 is 0 Å². The van der Waals surface area contributed by atoms with Crippen LogP contribution >= 0.6 is 17.0 Å². The van der Waals surface area contributed by atoms with Crippen LogP contribution in [0.3, 0.4) is 0 Å². The zero-order valence-corrected chi connectivity index (χ0v) is 27.3. The molecule has 3 unspecified atom stereocenters. The maximum absolute atomic E-state index is 2.95. The molecule has 214 valence electrons. The van der Waals surface area contributed by atoms with Gasteiger partial charge in [0.2, 0.25) is 0 Å². The molecule has 0 aliphatic heterocycles. The van der Waals surface area contributed by atoms with Gasteiger partial charge in [-0.1, -0.05) is 156 Å². The van der Waals surface area contributed by atoms with E-state index in [-0.39, 0.29) is 17.0 Å². The second-order valence-electron chi connectivity index (χ2n) is 11.7. The molecule has 0 amide bonds. The van der Waals surface area contributed by atoms with Crippen LogP contribution in [0, 0.1) is 0 Å². The largest absolute Gasteiger partial charge is 0.295 e. The van der Waals surface area contributed by atoms with Gasteiger partial charge in [-0.3, -0.25) is 4.90 Å². The van der Waals surface area contributed by atoms with Crippen LogP contribution in [0.25, 0.3) is 0 Å². The molecule has 0 aliphatic carbocycles. The summed E-state index contributed by atoms with van der Waals surface area (Å²) in [6.07, 6.45) is 34.2. The molecule has 0 aromatic rings. The summed E-state index contributed by atoms with van der Waals surface area (Å²) in [6.45, 7) is 14.6. The molecule has 2 heteroatoms. The molecule has 1 nitrogen and oxygen atoms in total. The van der Waals surface area contributed by atoms with Gasteiger partial charge in [0, 0.05) is 18.1 Å². The zero-order chi connectivity index (χ0) is 25.3. The first-order valence-corrected chi connectivity index (χ1v) is 16.4. The standard InChI is InChI=1S/C33H69N.BrH/c1-7-10-13-16-19-22-25-28-31(4)34(32(5)29-26-23-20-17-14-11-8-2)33(6)30-27-24-21-18-15-12-9-3;/h31-33H,7-30H2,1-6H3;1H. The molecule has 0 radical (unpaired) electrons. The Morgan fingerprint density at radius 3 is 0.771 bits per heavy atom. The Kier molecular flexibility index (Phi) is 31.2. The van der Waals surface area contributed by atoms with E-state index >= 15 is 0 Å². The monoisotopic (exact) mass is 559 g/mol. The average molecular weight is 561 g/mol. The summed E-state index contributed by atoms with van der Waals surface area (Å²) < 4.78 is 0. The molecular weight excluding hydrogens is 490 g/mol. The molecule has 0 heterocycles. The predicted molar refractivity (Wildman–Crippen MR) is 168 cm³/mol. The van der Waals surface area contributed by atoms with Crippen LogP contribution in [0.5, 0.6) is 0 Å². The van der Waals surface area contributed by atoms with Crippen molar-refractivity contribution >= 4 is 17.0 Å². The summed E-state index contributed by atoms with van der Waals surface area (Å²) in [5, 5.41) is 0. The molecular formula is C33H70BrN. The quantitative estimate of drug-likeness (QED) is 0.0903. The lowest BCUT2D eigenvalue weighted by atomic mass is 9.97. The molecule has 0 bridgehead atoms. The highest BCUT2D eigenvalue weighted by atomic mass is 79.9. The van der Waals surface area contributed by atoms with Gasteiger partial charge >= 0.3 is 0 Å². The third-order valence-corrected chi connectivity index (χ3v) is 8.20. The SMILES string of the molecule is Br.CCCCCCCCCC(C)N(C(C)CCCCCCCCC)C(C)CCCCCCCCC. The molecule has 0 fully saturated rings. The van der Waals surface area contributed by atoms with E-state index in [2.05, 4.69) is 46.4 Å². The summed E-state index contributed by atoms with van der Waals surface area (Å²) >= 11 is 0. The zero-order valence-electron chi connectivity index (χ0n) is 25.6. The first kappa shape index (κ1) is 37.6. The fraction of sp³-hybridized carbons (Fsp3) is 1.00. The van der Waals surface area contributed by atoms with Gasteiger partial charge in [-0.05, 0) is 40.0 Å². The lowest BCUT2D eigenvalue weighted by Crippen LogP contribution is -2.46. The number of halogens is 1. The van der Waals surface area contributed by atoms with Gasteiger partial charge < -0.3 is 0 Å². The van der Waals surface area contributed by atoms with Crippen LogP contribution in [-0.4, -0.2) is 23.0 Å². The summed E-state index contributed by atoms with van der Waals surface area (Å²) in [4.78, 5) is 2.95. The second kappa shape index (κ2) is 29.0. The summed E-state index contributed by atoms with van der Waals surface area (Å²) in [7, 11) is 0. The fourth-order valence-corrected chi connectivity index (χ4v) is 5.94. The molecule has 0 aromatic carbocycles. The maximum atomic E-state index is 2.95. The average Bonchev–Trinajstić information content (AvgIpc) is 2.82. The number of unbranched alkanes of at least 4 members (excludes halogenated alkanes) is 18. The Labute approximate surface area is 235 Å². The van der Waals surface area contributed by atoms with Crippen molar-refractivity contribution in [3.05, 3.63) is 0 Å². The smallest absolute Gasteiger partial charge is 0.00725 e. The van der Waals surface area contributed by atoms with Crippen LogP contribution in [-0.2, 0) is 0 Å². The molecule has 0 rings (SSSR count). The van der Waals surface area contributed by atoms with E-state index in [4.69, 9.17) is 0 Å². The van der Waals surface area contributed by atoms with Crippen molar-refractivity contribution in [2.75, 3.05) is 0 Å². The molecule has 3 atom stereocenters. The van der Waals surface area contributed by atoms with Crippen molar-refractivity contribution in [3.8, 4) is 0 Å². The van der Waals surface area contributed by atoms with E-state index in [1.54, 1.807) is 0 Å². The van der Waals surface area contributed by atoms with Gasteiger partial charge in [0.1, 0.15) is 0 Å². The van der Waals surface area contributed by atoms with E-state index in [1.807, 2.05) is 0 Å². The van der Waals surface area contributed by atoms with Gasteiger partial charge in [0.15, 0.2) is 0 Å². The molecule has 0 saturated heterocycles. The summed E-state index contributed by atoms with van der Waals surface area (Å²) in [5.41, 5.74) is 0. The van der Waals surface area contributed by atoms with Crippen LogP contribution in [0.2, 0.25) is 0 Å².